The molecule has 0 saturated heterocycles. The molecule has 0 heterocycles. The molecule has 4 aromatic carbocycles. The van der Waals surface area contributed by atoms with E-state index in [2.05, 4.69) is 5.32 Å². The molecule has 1 atom stereocenters. The van der Waals surface area contributed by atoms with Crippen molar-refractivity contribution in [1.29, 1.82) is 0 Å². The average Bonchev–Trinajstić information content (AvgIpc) is 2.96. The van der Waals surface area contributed by atoms with Gasteiger partial charge in [0.2, 0.25) is 0 Å². The molecular formula is C30H30NO5P. The zero-order valence-corrected chi connectivity index (χ0v) is 21.3. The standard InChI is InChI=1S/C30H30NO5P/c32-30(34-22-26-15-7-2-8-16-26)31-29(21-25-13-5-1-6-14-25)37(33,35-23-27-17-9-3-10-18-27)36-24-28-19-11-4-12-20-28/h1-20,29H,21-24H2,(H,31,32). The minimum absolute atomic E-state index is 0.0684. The molecule has 6 nitrogen and oxygen atoms in total. The second kappa shape index (κ2) is 13.6. The number of benzene rings is 4. The maximum Gasteiger partial charge on any atom is 0.408 e. The van der Waals surface area contributed by atoms with Crippen LogP contribution in [0.3, 0.4) is 0 Å². The molecular weight excluding hydrogens is 485 g/mol. The molecule has 1 unspecified atom stereocenters. The van der Waals surface area contributed by atoms with E-state index >= 15 is 0 Å². The number of amides is 1. The molecule has 0 bridgehead atoms. The van der Waals surface area contributed by atoms with Gasteiger partial charge in [0.05, 0.1) is 13.2 Å². The lowest BCUT2D eigenvalue weighted by Gasteiger charge is -2.28. The highest BCUT2D eigenvalue weighted by Crippen LogP contribution is 2.54. The number of nitrogens with one attached hydrogen (secondary N) is 1. The molecule has 1 amide bonds. The van der Waals surface area contributed by atoms with Gasteiger partial charge < -0.3 is 19.1 Å². The van der Waals surface area contributed by atoms with Crippen LogP contribution in [0.4, 0.5) is 4.79 Å². The quantitative estimate of drug-likeness (QED) is 0.204. The fraction of sp³-hybridized carbons (Fsp3) is 0.167. The summed E-state index contributed by atoms with van der Waals surface area (Å²) in [4.78, 5) is 12.8. The van der Waals surface area contributed by atoms with Crippen LogP contribution in [0, 0.1) is 0 Å². The smallest absolute Gasteiger partial charge is 0.408 e. The van der Waals surface area contributed by atoms with E-state index < -0.39 is 19.5 Å². The Hall–Kier alpha value is -3.70. The lowest BCUT2D eigenvalue weighted by atomic mass is 10.1. The molecule has 37 heavy (non-hydrogen) atoms. The molecule has 0 saturated carbocycles. The third-order valence-electron chi connectivity index (χ3n) is 5.66. The van der Waals surface area contributed by atoms with Gasteiger partial charge in [-0.05, 0) is 22.3 Å². The first-order chi connectivity index (χ1) is 18.1. The summed E-state index contributed by atoms with van der Waals surface area (Å²) in [5.74, 6) is -0.967. The monoisotopic (exact) mass is 515 g/mol. The van der Waals surface area contributed by atoms with Crippen LogP contribution in [0.5, 0.6) is 0 Å². The number of alkyl carbamates (subject to hydrolysis) is 1. The van der Waals surface area contributed by atoms with E-state index in [1.54, 1.807) is 0 Å². The van der Waals surface area contributed by atoms with Crippen molar-refractivity contribution < 1.29 is 23.1 Å². The summed E-state index contributed by atoms with van der Waals surface area (Å²) in [5, 5.41) is 2.77. The SMILES string of the molecule is O=C(NC(Cc1ccccc1)P(=O)(OCc1ccccc1)OCc1ccccc1)OCc1ccccc1. The zero-order chi connectivity index (χ0) is 25.8. The highest BCUT2D eigenvalue weighted by Gasteiger charge is 2.38. The van der Waals surface area contributed by atoms with Gasteiger partial charge in [0, 0.05) is 6.42 Å². The Morgan fingerprint density at radius 3 is 1.41 bits per heavy atom. The molecule has 4 rings (SSSR count). The topological polar surface area (TPSA) is 73.9 Å². The minimum atomic E-state index is -3.89. The van der Waals surface area contributed by atoms with Gasteiger partial charge in [-0.25, -0.2) is 4.79 Å². The first kappa shape index (κ1) is 26.4. The Morgan fingerprint density at radius 2 is 0.973 bits per heavy atom. The lowest BCUT2D eigenvalue weighted by molar-refractivity contribution is 0.132. The summed E-state index contributed by atoms with van der Waals surface area (Å²) < 4.78 is 31.8. The van der Waals surface area contributed by atoms with Gasteiger partial charge in [-0.2, -0.15) is 0 Å². The molecule has 7 heteroatoms. The van der Waals surface area contributed by atoms with Crippen molar-refractivity contribution in [2.24, 2.45) is 0 Å². The van der Waals surface area contributed by atoms with E-state index in [1.165, 1.54) is 0 Å². The van der Waals surface area contributed by atoms with Crippen molar-refractivity contribution in [1.82, 2.24) is 5.32 Å². The lowest BCUT2D eigenvalue weighted by Crippen LogP contribution is -2.37. The highest BCUT2D eigenvalue weighted by molar-refractivity contribution is 7.54. The zero-order valence-electron chi connectivity index (χ0n) is 20.4. The fourth-order valence-corrected chi connectivity index (χ4v) is 5.47. The Morgan fingerprint density at radius 1 is 0.595 bits per heavy atom. The van der Waals surface area contributed by atoms with E-state index in [0.29, 0.717) is 0 Å². The van der Waals surface area contributed by atoms with E-state index in [-0.39, 0.29) is 26.2 Å². The van der Waals surface area contributed by atoms with Crippen LogP contribution in [-0.4, -0.2) is 11.9 Å². The van der Waals surface area contributed by atoms with E-state index in [9.17, 15) is 9.36 Å². The maximum absolute atomic E-state index is 14.4. The van der Waals surface area contributed by atoms with Crippen LogP contribution in [0.1, 0.15) is 22.3 Å². The number of ether oxygens (including phenoxy) is 1. The third-order valence-corrected chi connectivity index (χ3v) is 7.71. The van der Waals surface area contributed by atoms with Gasteiger partial charge in [-0.3, -0.25) is 4.57 Å². The molecule has 0 aromatic heterocycles. The van der Waals surface area contributed by atoms with Crippen LogP contribution in [0.2, 0.25) is 0 Å². The Labute approximate surface area is 217 Å². The predicted molar refractivity (Wildman–Crippen MR) is 144 cm³/mol. The van der Waals surface area contributed by atoms with E-state index in [1.807, 2.05) is 121 Å². The molecule has 0 radical (unpaired) electrons. The Bertz CT molecular complexity index is 1220. The summed E-state index contributed by atoms with van der Waals surface area (Å²) in [6.45, 7) is 0.225. The van der Waals surface area contributed by atoms with Crippen molar-refractivity contribution in [2.45, 2.75) is 32.0 Å². The molecule has 0 aliphatic rings. The second-order valence-electron chi connectivity index (χ2n) is 8.47. The van der Waals surface area contributed by atoms with Crippen molar-refractivity contribution in [3.63, 3.8) is 0 Å². The number of hydrogen-bond acceptors (Lipinski definition) is 5. The molecule has 0 spiro atoms. The normalized spacial score (nSPS) is 12.0. The van der Waals surface area contributed by atoms with Crippen LogP contribution >= 0.6 is 7.60 Å². The van der Waals surface area contributed by atoms with Crippen molar-refractivity contribution >= 4 is 13.7 Å². The largest absolute Gasteiger partial charge is 0.445 e. The summed E-state index contributed by atoms with van der Waals surface area (Å²) in [6.07, 6.45) is -0.459. The summed E-state index contributed by atoms with van der Waals surface area (Å²) in [5.41, 5.74) is 3.41. The van der Waals surface area contributed by atoms with Gasteiger partial charge in [-0.15, -0.1) is 0 Å². The fourth-order valence-electron chi connectivity index (χ4n) is 3.67. The van der Waals surface area contributed by atoms with E-state index in [4.69, 9.17) is 13.8 Å². The van der Waals surface area contributed by atoms with Gasteiger partial charge in [0.25, 0.3) is 0 Å². The minimum Gasteiger partial charge on any atom is -0.445 e. The van der Waals surface area contributed by atoms with Gasteiger partial charge in [-0.1, -0.05) is 121 Å². The number of hydrogen-bond donors (Lipinski definition) is 1. The number of carbonyl (C=O) groups excluding carboxylic acids is 1. The Kier molecular flexibility index (Phi) is 9.67. The highest BCUT2D eigenvalue weighted by atomic mass is 31.2. The summed E-state index contributed by atoms with van der Waals surface area (Å²) >= 11 is 0. The molecule has 0 aliphatic heterocycles. The van der Waals surface area contributed by atoms with Crippen molar-refractivity contribution in [3.05, 3.63) is 144 Å². The third kappa shape index (κ3) is 8.43. The molecule has 0 fully saturated rings. The number of carbonyl (C=O) groups is 1. The average molecular weight is 516 g/mol. The molecule has 4 aromatic rings. The second-order valence-corrected chi connectivity index (χ2v) is 10.7. The summed E-state index contributed by atoms with van der Waals surface area (Å²) in [7, 11) is -3.89. The molecule has 190 valence electrons. The van der Waals surface area contributed by atoms with Gasteiger partial charge in [0.1, 0.15) is 12.4 Å². The molecule has 1 N–H and O–H groups in total. The van der Waals surface area contributed by atoms with Gasteiger partial charge >= 0.3 is 13.7 Å². The number of rotatable bonds is 12. The van der Waals surface area contributed by atoms with E-state index in [0.717, 1.165) is 22.3 Å². The first-order valence-corrected chi connectivity index (χ1v) is 13.7. The predicted octanol–water partition coefficient (Wildman–Crippen LogP) is 7.11. The first-order valence-electron chi connectivity index (χ1n) is 12.1. The summed E-state index contributed by atoms with van der Waals surface area (Å²) in [6, 6.07) is 37.7. The van der Waals surface area contributed by atoms with Crippen LogP contribution < -0.4 is 5.32 Å². The Balaban J connectivity index is 1.55. The van der Waals surface area contributed by atoms with Crippen LogP contribution in [0.25, 0.3) is 0 Å². The van der Waals surface area contributed by atoms with Crippen LogP contribution in [-0.2, 0) is 44.6 Å². The maximum atomic E-state index is 14.4. The van der Waals surface area contributed by atoms with Crippen molar-refractivity contribution in [2.75, 3.05) is 0 Å². The van der Waals surface area contributed by atoms with Crippen LogP contribution in [0.15, 0.2) is 121 Å². The van der Waals surface area contributed by atoms with Crippen molar-refractivity contribution in [3.8, 4) is 0 Å². The molecule has 0 aliphatic carbocycles. The van der Waals surface area contributed by atoms with Gasteiger partial charge in [0.15, 0.2) is 0 Å².